The fraction of sp³-hybridized carbons (Fsp3) is 0. The summed E-state index contributed by atoms with van der Waals surface area (Å²) in [5.74, 6) is 0.776. The zero-order valence-corrected chi connectivity index (χ0v) is 17.6. The van der Waals surface area contributed by atoms with Gasteiger partial charge in [-0.2, -0.15) is 0 Å². The number of hydrogen-bond acceptors (Lipinski definition) is 3. The Hall–Kier alpha value is -3.56. The van der Waals surface area contributed by atoms with E-state index in [9.17, 15) is 0 Å². The van der Waals surface area contributed by atoms with Crippen LogP contribution in [0.25, 0.3) is 33.2 Å². The van der Waals surface area contributed by atoms with Crippen LogP contribution < -0.4 is 9.47 Å². The molecule has 3 aromatic carbocycles. The first-order chi connectivity index (χ1) is 13.8. The Balaban J connectivity index is -0.000000146. The second-order valence-electron chi connectivity index (χ2n) is 5.97. The predicted molar refractivity (Wildman–Crippen MR) is 132 cm³/mol. The van der Waals surface area contributed by atoms with E-state index in [1.54, 1.807) is 12.1 Å². The molecule has 0 N–H and O–H groups in total. The smallest absolute Gasteiger partial charge is 0.184 e. The topological polar surface area (TPSA) is 31.4 Å². The maximum Gasteiger partial charge on any atom is 0.184 e. The van der Waals surface area contributed by atoms with Gasteiger partial charge in [0, 0.05) is 40.6 Å². The summed E-state index contributed by atoms with van der Waals surface area (Å²) in [4.78, 5) is 4.57. The fourth-order valence-corrected chi connectivity index (χ4v) is 3.10. The third-order valence-electron chi connectivity index (χ3n) is 4.35. The molecular weight excluding hydrogens is 538 g/mol. The van der Waals surface area contributed by atoms with Crippen LogP contribution in [0.1, 0.15) is 14.3 Å². The molecule has 29 heavy (non-hydrogen) atoms. The van der Waals surface area contributed by atoms with Crippen molar-refractivity contribution in [3.63, 3.8) is 0 Å². The Kier molecular flexibility index (Phi) is 6.32. The first kappa shape index (κ1) is 20.2. The number of benzene rings is 3. The van der Waals surface area contributed by atoms with Gasteiger partial charge in [-0.25, -0.2) is 0 Å². The van der Waals surface area contributed by atoms with Gasteiger partial charge in [-0.05, 0) is 40.2 Å². The van der Waals surface area contributed by atoms with Gasteiger partial charge in [0.25, 0.3) is 0 Å². The minimum Gasteiger partial charge on any atom is -0.404 e. The molecule has 1 heterocycles. The van der Waals surface area contributed by atoms with Gasteiger partial charge in [-0.1, -0.05) is 43.2 Å². The molecule has 0 bridgehead atoms. The van der Waals surface area contributed by atoms with Gasteiger partial charge in [0.2, 0.25) is 0 Å². The quantitative estimate of drug-likeness (QED) is 0.185. The summed E-state index contributed by atoms with van der Waals surface area (Å²) in [7, 11) is 0. The summed E-state index contributed by atoms with van der Waals surface area (Å²) >= 11 is 0. The Bertz CT molecular complexity index is 1280. The second kappa shape index (κ2) is 9.09. The number of nitrogens with zero attached hydrogens (tertiary/aromatic N) is 1. The summed E-state index contributed by atoms with van der Waals surface area (Å²) in [6.07, 6.45) is 16.6. The van der Waals surface area contributed by atoms with Crippen molar-refractivity contribution < 1.29 is 43.8 Å². The molecule has 4 aromatic rings. The molecule has 1 aromatic heterocycles. The van der Waals surface area contributed by atoms with Crippen LogP contribution in [-0.2, 0) is 20.1 Å². The summed E-state index contributed by atoms with van der Waals surface area (Å²) < 4.78 is 10.3. The molecule has 0 aliphatic rings. The van der Waals surface area contributed by atoms with Gasteiger partial charge in [-0.15, -0.1) is 35.4 Å². The van der Waals surface area contributed by atoms with Crippen LogP contribution in [0.4, 0.5) is 0 Å². The van der Waals surface area contributed by atoms with Crippen LogP contribution in [0.3, 0.4) is 0 Å². The number of pyridine rings is 1. The number of aromatic nitrogens is 1. The van der Waals surface area contributed by atoms with E-state index in [4.69, 9.17) is 22.3 Å². The molecule has 4 rings (SSSR count). The molecule has 0 saturated heterocycles. The molecular formula is C25H34IrNO2-. The summed E-state index contributed by atoms with van der Waals surface area (Å²) in [5, 5.41) is 2.21. The Morgan fingerprint density at radius 3 is 2.45 bits per heavy atom. The zero-order valence-electron chi connectivity index (χ0n) is 15.2. The van der Waals surface area contributed by atoms with Gasteiger partial charge in [0.15, 0.2) is 11.5 Å². The molecule has 0 amide bonds. The third-order valence-corrected chi connectivity index (χ3v) is 4.35. The van der Waals surface area contributed by atoms with Gasteiger partial charge in [0.1, 0.15) is 12.2 Å². The summed E-state index contributed by atoms with van der Waals surface area (Å²) in [5.41, 5.74) is 3.66. The summed E-state index contributed by atoms with van der Waals surface area (Å²) in [6.45, 7) is 0. The van der Waals surface area contributed by atoms with E-state index in [0.29, 0.717) is 11.5 Å². The van der Waals surface area contributed by atoms with Gasteiger partial charge in [-0.3, -0.25) is 0 Å². The molecule has 3 nitrogen and oxygen atoms in total. The van der Waals surface area contributed by atoms with Gasteiger partial charge >= 0.3 is 0 Å². The molecule has 161 valence electrons. The van der Waals surface area contributed by atoms with E-state index in [1.807, 2.05) is 48.7 Å². The molecule has 4 heteroatoms. The number of rotatable bonds is 4. The molecule has 0 unspecified atom stereocenters. The average Bonchev–Trinajstić information content (AvgIpc) is 2.75. The maximum atomic E-state index is 5.27. The Morgan fingerprint density at radius 2 is 1.62 bits per heavy atom. The molecule has 0 atom stereocenters. The van der Waals surface area contributed by atoms with Crippen molar-refractivity contribution >= 4 is 10.8 Å². The van der Waals surface area contributed by atoms with E-state index in [2.05, 4.69) is 35.4 Å². The van der Waals surface area contributed by atoms with Crippen LogP contribution in [-0.4, -0.2) is 4.98 Å². The van der Waals surface area contributed by atoms with Crippen LogP contribution in [0.5, 0.6) is 11.5 Å². The van der Waals surface area contributed by atoms with Crippen LogP contribution in [0.15, 0.2) is 72.9 Å². The van der Waals surface area contributed by atoms with Crippen molar-refractivity contribution in [2.24, 2.45) is 0 Å². The number of ether oxygens (including phenoxy) is 2. The van der Waals surface area contributed by atoms with Crippen molar-refractivity contribution in [3.8, 4) is 58.9 Å². The standard InChI is InChI=1S/C25H14NO2.Ir.10H2/c1-3-27-23-13-12-20(17-24(23)28-4-2)19-9-7-10-21(16-19)25-22-11-6-5-8-18(22)14-15-26-25;;;;;;;;;;;/h1-2,5-9,11-17H;;10*1H/q-1;;;;;;;;;;;. The van der Waals surface area contributed by atoms with E-state index in [0.717, 1.165) is 33.2 Å². The molecule has 0 fully saturated rings. The van der Waals surface area contributed by atoms with Crippen molar-refractivity contribution in [2.45, 2.75) is 0 Å². The van der Waals surface area contributed by atoms with Crippen molar-refractivity contribution in [1.29, 1.82) is 0 Å². The minimum absolute atomic E-state index is 0. The first-order valence-corrected chi connectivity index (χ1v) is 8.55. The van der Waals surface area contributed by atoms with Crippen LogP contribution in [0.2, 0.25) is 0 Å². The maximum absolute atomic E-state index is 5.27. The normalized spacial score (nSPS) is 9.72. The Labute approximate surface area is 197 Å². The fourth-order valence-electron chi connectivity index (χ4n) is 3.10. The van der Waals surface area contributed by atoms with E-state index in [1.165, 1.54) is 0 Å². The third kappa shape index (κ3) is 4.15. The minimum atomic E-state index is 0. The molecule has 0 aliphatic carbocycles. The zero-order chi connectivity index (χ0) is 19.3. The van der Waals surface area contributed by atoms with Gasteiger partial charge in [0.05, 0.1) is 0 Å². The molecule has 1 radical (unpaired) electrons. The second-order valence-corrected chi connectivity index (χ2v) is 5.97. The van der Waals surface area contributed by atoms with Crippen LogP contribution >= 0.6 is 0 Å². The SMILES string of the molecule is C#COc1ccc(-c2cc[c-]c(-c3nccc4ccccc34)c2)cc1OC#C.[HH].[HH].[HH].[HH].[HH].[HH].[HH].[HH].[HH].[HH].[Ir]. The van der Waals surface area contributed by atoms with E-state index < -0.39 is 0 Å². The average molecular weight is 573 g/mol. The largest absolute Gasteiger partial charge is 0.404 e. The number of terminal acetylenes is 2. The first-order valence-electron chi connectivity index (χ1n) is 8.55. The number of hydrogen-bond donors (Lipinski definition) is 0. The number of fused-ring (bicyclic) bond motifs is 1. The van der Waals surface area contributed by atoms with Crippen molar-refractivity contribution in [3.05, 3.63) is 79.0 Å². The van der Waals surface area contributed by atoms with E-state index >= 15 is 0 Å². The van der Waals surface area contributed by atoms with Crippen molar-refractivity contribution in [1.82, 2.24) is 4.98 Å². The molecule has 0 saturated carbocycles. The predicted octanol–water partition coefficient (Wildman–Crippen LogP) is 7.77. The van der Waals surface area contributed by atoms with E-state index in [-0.39, 0.29) is 34.4 Å². The van der Waals surface area contributed by atoms with Crippen LogP contribution in [0, 0.1) is 31.1 Å². The van der Waals surface area contributed by atoms with Crippen molar-refractivity contribution in [2.75, 3.05) is 0 Å². The monoisotopic (exact) mass is 573 g/mol. The Morgan fingerprint density at radius 1 is 0.862 bits per heavy atom. The molecule has 0 aliphatic heterocycles. The summed E-state index contributed by atoms with van der Waals surface area (Å²) in [6, 6.07) is 24.7. The van der Waals surface area contributed by atoms with Gasteiger partial charge < -0.3 is 14.5 Å². The molecule has 0 spiro atoms.